The monoisotopic (exact) mass is 267 g/mol. The van der Waals surface area contributed by atoms with Crippen LogP contribution in [0.25, 0.3) is 0 Å². The van der Waals surface area contributed by atoms with Crippen LogP contribution in [0.4, 0.5) is 13.2 Å². The molecule has 5 heteroatoms. The number of rotatable bonds is 7. The minimum absolute atomic E-state index is 0.155. The molecule has 0 bridgehead atoms. The third kappa shape index (κ3) is 5.14. The molecule has 2 unspecified atom stereocenters. The van der Waals surface area contributed by atoms with Crippen molar-refractivity contribution in [2.75, 3.05) is 19.8 Å². The molecule has 2 nitrogen and oxygen atoms in total. The van der Waals surface area contributed by atoms with Crippen molar-refractivity contribution < 1.29 is 17.9 Å². The molecule has 0 saturated heterocycles. The molecule has 1 rings (SSSR count). The van der Waals surface area contributed by atoms with Crippen LogP contribution in [0.5, 0.6) is 0 Å². The van der Waals surface area contributed by atoms with E-state index in [0.717, 1.165) is 25.2 Å². The van der Waals surface area contributed by atoms with Gasteiger partial charge in [0.05, 0.1) is 0 Å². The van der Waals surface area contributed by atoms with E-state index >= 15 is 0 Å². The zero-order valence-corrected chi connectivity index (χ0v) is 11.1. The molecular formula is C13H24F3NO. The largest absolute Gasteiger partial charge is 0.411 e. The Morgan fingerprint density at radius 1 is 1.39 bits per heavy atom. The van der Waals surface area contributed by atoms with E-state index in [9.17, 15) is 13.2 Å². The van der Waals surface area contributed by atoms with Crippen LogP contribution >= 0.6 is 0 Å². The van der Waals surface area contributed by atoms with Gasteiger partial charge in [0.2, 0.25) is 0 Å². The van der Waals surface area contributed by atoms with Gasteiger partial charge in [-0.25, -0.2) is 0 Å². The minimum atomic E-state index is -4.22. The van der Waals surface area contributed by atoms with Gasteiger partial charge in [0.1, 0.15) is 6.61 Å². The van der Waals surface area contributed by atoms with Crippen molar-refractivity contribution in [2.45, 2.75) is 51.6 Å². The summed E-state index contributed by atoms with van der Waals surface area (Å²) in [5.74, 6) is 0.740. The summed E-state index contributed by atoms with van der Waals surface area (Å²) in [6.45, 7) is 1.87. The van der Waals surface area contributed by atoms with Crippen LogP contribution in [-0.2, 0) is 4.74 Å². The second-order valence-electron chi connectivity index (χ2n) is 5.49. The summed E-state index contributed by atoms with van der Waals surface area (Å²) in [6, 6.07) is 0. The van der Waals surface area contributed by atoms with Crippen LogP contribution in [0.3, 0.4) is 0 Å². The molecule has 0 spiro atoms. The van der Waals surface area contributed by atoms with Crippen LogP contribution in [0.2, 0.25) is 0 Å². The van der Waals surface area contributed by atoms with E-state index in [2.05, 4.69) is 11.7 Å². The molecule has 0 radical (unpaired) electrons. The van der Waals surface area contributed by atoms with Gasteiger partial charge in [-0.15, -0.1) is 0 Å². The smallest absolute Gasteiger partial charge is 0.372 e. The molecule has 2 atom stereocenters. The SMILES string of the molecule is CCC1CCC(CN)(CCCOCC(F)(F)F)C1. The topological polar surface area (TPSA) is 35.2 Å². The first-order chi connectivity index (χ1) is 8.41. The van der Waals surface area contributed by atoms with Gasteiger partial charge in [-0.05, 0) is 50.0 Å². The fourth-order valence-corrected chi connectivity index (χ4v) is 2.93. The van der Waals surface area contributed by atoms with E-state index in [1.807, 2.05) is 0 Å². The molecular weight excluding hydrogens is 243 g/mol. The summed E-state index contributed by atoms with van der Waals surface area (Å²) < 4.78 is 40.3. The van der Waals surface area contributed by atoms with Gasteiger partial charge in [-0.2, -0.15) is 13.2 Å². The van der Waals surface area contributed by atoms with Crippen LogP contribution in [0, 0.1) is 11.3 Å². The van der Waals surface area contributed by atoms with E-state index in [1.54, 1.807) is 0 Å². The predicted octanol–water partition coefficient (Wildman–Crippen LogP) is 3.50. The Morgan fingerprint density at radius 3 is 2.61 bits per heavy atom. The first-order valence-corrected chi connectivity index (χ1v) is 6.75. The number of hydrogen-bond acceptors (Lipinski definition) is 2. The molecule has 1 fully saturated rings. The zero-order valence-electron chi connectivity index (χ0n) is 11.1. The second-order valence-corrected chi connectivity index (χ2v) is 5.49. The fraction of sp³-hybridized carbons (Fsp3) is 1.00. The molecule has 0 aromatic rings. The Balaban J connectivity index is 2.21. The molecule has 0 amide bonds. The Kier molecular flexibility index (Phi) is 5.92. The Labute approximate surface area is 107 Å². The maximum atomic E-state index is 11.9. The molecule has 1 aliphatic rings. The minimum Gasteiger partial charge on any atom is -0.372 e. The molecule has 0 heterocycles. The van der Waals surface area contributed by atoms with Crippen LogP contribution < -0.4 is 5.73 Å². The van der Waals surface area contributed by atoms with Crippen LogP contribution in [-0.4, -0.2) is 25.9 Å². The molecule has 0 aliphatic heterocycles. The first-order valence-electron chi connectivity index (χ1n) is 6.75. The highest BCUT2D eigenvalue weighted by atomic mass is 19.4. The van der Waals surface area contributed by atoms with E-state index in [0.29, 0.717) is 13.0 Å². The van der Waals surface area contributed by atoms with Gasteiger partial charge >= 0.3 is 6.18 Å². The van der Waals surface area contributed by atoms with Crippen LogP contribution in [0.1, 0.15) is 45.4 Å². The maximum Gasteiger partial charge on any atom is 0.411 e. The Morgan fingerprint density at radius 2 is 2.11 bits per heavy atom. The van der Waals surface area contributed by atoms with Crippen molar-refractivity contribution in [3.05, 3.63) is 0 Å². The fourth-order valence-electron chi connectivity index (χ4n) is 2.93. The highest BCUT2D eigenvalue weighted by Gasteiger charge is 2.36. The van der Waals surface area contributed by atoms with Crippen molar-refractivity contribution in [1.82, 2.24) is 0 Å². The maximum absolute atomic E-state index is 11.9. The highest BCUT2D eigenvalue weighted by molar-refractivity contribution is 4.89. The van der Waals surface area contributed by atoms with E-state index in [-0.39, 0.29) is 12.0 Å². The lowest BCUT2D eigenvalue weighted by Gasteiger charge is -2.27. The number of nitrogens with two attached hydrogens (primary N) is 1. The average Bonchev–Trinajstić information content (AvgIpc) is 2.72. The van der Waals surface area contributed by atoms with E-state index < -0.39 is 12.8 Å². The van der Waals surface area contributed by atoms with Gasteiger partial charge in [0, 0.05) is 6.61 Å². The lowest BCUT2D eigenvalue weighted by Crippen LogP contribution is -2.28. The number of ether oxygens (including phenoxy) is 1. The quantitative estimate of drug-likeness (QED) is 0.716. The average molecular weight is 267 g/mol. The molecule has 0 aromatic heterocycles. The second kappa shape index (κ2) is 6.75. The Bertz CT molecular complexity index is 245. The summed E-state index contributed by atoms with van der Waals surface area (Å²) in [4.78, 5) is 0. The standard InChI is InChI=1S/C13H24F3NO/c1-2-11-4-6-12(8-11,9-17)5-3-7-18-10-13(14,15)16/h11H,2-10,17H2,1H3. The van der Waals surface area contributed by atoms with Gasteiger partial charge < -0.3 is 10.5 Å². The molecule has 108 valence electrons. The normalized spacial score (nSPS) is 28.8. The summed E-state index contributed by atoms with van der Waals surface area (Å²) in [7, 11) is 0. The lowest BCUT2D eigenvalue weighted by atomic mass is 9.80. The van der Waals surface area contributed by atoms with Crippen molar-refractivity contribution >= 4 is 0 Å². The molecule has 0 aromatic carbocycles. The number of hydrogen-bond donors (Lipinski definition) is 1. The summed E-state index contributed by atoms with van der Waals surface area (Å²) in [5.41, 5.74) is 6.00. The van der Waals surface area contributed by atoms with Gasteiger partial charge in [0.15, 0.2) is 0 Å². The first kappa shape index (κ1) is 15.8. The van der Waals surface area contributed by atoms with E-state index in [4.69, 9.17) is 5.73 Å². The summed E-state index contributed by atoms with van der Waals surface area (Å²) in [6.07, 6.45) is 1.96. The van der Waals surface area contributed by atoms with Gasteiger partial charge in [-0.1, -0.05) is 13.3 Å². The van der Waals surface area contributed by atoms with Crippen molar-refractivity contribution in [3.63, 3.8) is 0 Å². The van der Waals surface area contributed by atoms with Crippen molar-refractivity contribution in [2.24, 2.45) is 17.1 Å². The van der Waals surface area contributed by atoms with Crippen LogP contribution in [0.15, 0.2) is 0 Å². The van der Waals surface area contributed by atoms with Crippen molar-refractivity contribution in [1.29, 1.82) is 0 Å². The third-order valence-corrected chi connectivity index (χ3v) is 4.08. The third-order valence-electron chi connectivity index (χ3n) is 4.08. The van der Waals surface area contributed by atoms with Gasteiger partial charge in [-0.3, -0.25) is 0 Å². The molecule has 18 heavy (non-hydrogen) atoms. The van der Waals surface area contributed by atoms with Crippen molar-refractivity contribution in [3.8, 4) is 0 Å². The number of alkyl halides is 3. The zero-order chi connectivity index (χ0) is 13.6. The van der Waals surface area contributed by atoms with E-state index in [1.165, 1.54) is 12.8 Å². The molecule has 2 N–H and O–H groups in total. The Hall–Kier alpha value is -0.290. The summed E-state index contributed by atoms with van der Waals surface area (Å²) >= 11 is 0. The highest BCUT2D eigenvalue weighted by Crippen LogP contribution is 2.45. The molecule has 1 saturated carbocycles. The van der Waals surface area contributed by atoms with Gasteiger partial charge in [0.25, 0.3) is 0 Å². The molecule has 1 aliphatic carbocycles. The number of halogens is 3. The summed E-state index contributed by atoms with van der Waals surface area (Å²) in [5, 5.41) is 0. The predicted molar refractivity (Wildman–Crippen MR) is 65.2 cm³/mol. The lowest BCUT2D eigenvalue weighted by molar-refractivity contribution is -0.174.